The SMILES string of the molecule is C=CCC(CC=C)(CC=C)C(C=C)C/C=C/N. The van der Waals surface area contributed by atoms with Gasteiger partial charge >= 0.3 is 0 Å². The zero-order valence-electron chi connectivity index (χ0n) is 10.8. The number of nitrogens with two attached hydrogens (primary N) is 1. The van der Waals surface area contributed by atoms with Crippen molar-refractivity contribution in [2.75, 3.05) is 0 Å². The van der Waals surface area contributed by atoms with Crippen LogP contribution in [0.25, 0.3) is 0 Å². The summed E-state index contributed by atoms with van der Waals surface area (Å²) < 4.78 is 0. The molecule has 1 heteroatoms. The zero-order valence-corrected chi connectivity index (χ0v) is 10.8. The fourth-order valence-corrected chi connectivity index (χ4v) is 2.39. The maximum Gasteiger partial charge on any atom is -0.0103 e. The molecule has 0 bridgehead atoms. The largest absolute Gasteiger partial charge is 0.405 e. The number of hydrogen-bond acceptors (Lipinski definition) is 1. The Hall–Kier alpha value is -1.50. The molecule has 0 aliphatic rings. The van der Waals surface area contributed by atoms with Crippen LogP contribution in [-0.2, 0) is 0 Å². The average Bonchev–Trinajstić information content (AvgIpc) is 2.31. The van der Waals surface area contributed by atoms with Crippen molar-refractivity contribution in [3.05, 3.63) is 62.9 Å². The van der Waals surface area contributed by atoms with Crippen LogP contribution in [0.4, 0.5) is 0 Å². The molecule has 0 aromatic rings. The van der Waals surface area contributed by atoms with Gasteiger partial charge in [0.15, 0.2) is 0 Å². The Kier molecular flexibility index (Phi) is 7.87. The molecular weight excluding hydrogens is 206 g/mol. The van der Waals surface area contributed by atoms with Crippen LogP contribution in [0.15, 0.2) is 62.9 Å². The van der Waals surface area contributed by atoms with Gasteiger partial charge in [0.1, 0.15) is 0 Å². The van der Waals surface area contributed by atoms with E-state index in [2.05, 4.69) is 26.3 Å². The molecule has 0 aliphatic heterocycles. The number of allylic oxidation sites excluding steroid dienone is 5. The first-order valence-corrected chi connectivity index (χ1v) is 6.02. The second-order valence-electron chi connectivity index (χ2n) is 4.35. The summed E-state index contributed by atoms with van der Waals surface area (Å²) in [7, 11) is 0. The molecule has 0 saturated heterocycles. The van der Waals surface area contributed by atoms with E-state index in [0.717, 1.165) is 25.7 Å². The average molecular weight is 231 g/mol. The third-order valence-corrected chi connectivity index (χ3v) is 3.25. The molecule has 0 saturated carbocycles. The number of rotatable bonds is 10. The van der Waals surface area contributed by atoms with Crippen molar-refractivity contribution in [2.24, 2.45) is 17.1 Å². The molecule has 1 unspecified atom stereocenters. The first-order valence-electron chi connectivity index (χ1n) is 6.02. The van der Waals surface area contributed by atoms with Gasteiger partial charge in [0.2, 0.25) is 0 Å². The monoisotopic (exact) mass is 231 g/mol. The van der Waals surface area contributed by atoms with Crippen LogP contribution in [0.5, 0.6) is 0 Å². The Morgan fingerprint density at radius 2 is 1.41 bits per heavy atom. The van der Waals surface area contributed by atoms with E-state index < -0.39 is 0 Å². The van der Waals surface area contributed by atoms with Gasteiger partial charge in [-0.05, 0) is 43.2 Å². The van der Waals surface area contributed by atoms with Crippen LogP contribution < -0.4 is 5.73 Å². The fourth-order valence-electron chi connectivity index (χ4n) is 2.39. The van der Waals surface area contributed by atoms with Crippen LogP contribution in [-0.4, -0.2) is 0 Å². The molecule has 0 aromatic heterocycles. The van der Waals surface area contributed by atoms with E-state index in [4.69, 9.17) is 5.73 Å². The Balaban J connectivity index is 5.15. The summed E-state index contributed by atoms with van der Waals surface area (Å²) >= 11 is 0. The van der Waals surface area contributed by atoms with Gasteiger partial charge in [-0.3, -0.25) is 0 Å². The van der Waals surface area contributed by atoms with Crippen LogP contribution in [0.2, 0.25) is 0 Å². The molecule has 0 fully saturated rings. The third-order valence-electron chi connectivity index (χ3n) is 3.25. The Morgan fingerprint density at radius 1 is 0.941 bits per heavy atom. The van der Waals surface area contributed by atoms with E-state index >= 15 is 0 Å². The molecule has 0 aromatic carbocycles. The Morgan fingerprint density at radius 3 is 1.71 bits per heavy atom. The van der Waals surface area contributed by atoms with Gasteiger partial charge in [-0.15, -0.1) is 26.3 Å². The highest BCUT2D eigenvalue weighted by molar-refractivity contribution is 5.05. The van der Waals surface area contributed by atoms with Crippen LogP contribution in [0.3, 0.4) is 0 Å². The van der Waals surface area contributed by atoms with Crippen molar-refractivity contribution < 1.29 is 0 Å². The van der Waals surface area contributed by atoms with Crippen LogP contribution in [0.1, 0.15) is 25.7 Å². The van der Waals surface area contributed by atoms with Gasteiger partial charge in [0.05, 0.1) is 0 Å². The van der Waals surface area contributed by atoms with Gasteiger partial charge in [0.25, 0.3) is 0 Å². The minimum Gasteiger partial charge on any atom is -0.405 e. The van der Waals surface area contributed by atoms with Gasteiger partial charge in [0, 0.05) is 0 Å². The number of hydrogen-bond donors (Lipinski definition) is 1. The highest BCUT2D eigenvalue weighted by atomic mass is 14.5. The van der Waals surface area contributed by atoms with Crippen molar-refractivity contribution in [1.82, 2.24) is 0 Å². The molecule has 0 radical (unpaired) electrons. The molecule has 94 valence electrons. The van der Waals surface area contributed by atoms with Crippen molar-refractivity contribution in [1.29, 1.82) is 0 Å². The molecule has 17 heavy (non-hydrogen) atoms. The lowest BCUT2D eigenvalue weighted by Gasteiger charge is -2.37. The maximum atomic E-state index is 5.42. The molecule has 0 amide bonds. The predicted molar refractivity (Wildman–Crippen MR) is 78.5 cm³/mol. The van der Waals surface area contributed by atoms with E-state index in [9.17, 15) is 0 Å². The topological polar surface area (TPSA) is 26.0 Å². The lowest BCUT2D eigenvalue weighted by molar-refractivity contribution is 0.207. The first-order chi connectivity index (χ1) is 8.20. The lowest BCUT2D eigenvalue weighted by atomic mass is 9.67. The Labute approximate surface area is 106 Å². The fraction of sp³-hybridized carbons (Fsp3) is 0.375. The molecule has 0 spiro atoms. The normalized spacial score (nSPS) is 13.2. The summed E-state index contributed by atoms with van der Waals surface area (Å²) in [6.07, 6.45) is 15.2. The van der Waals surface area contributed by atoms with E-state index in [0.29, 0.717) is 5.92 Å². The first kappa shape index (κ1) is 15.5. The van der Waals surface area contributed by atoms with E-state index in [1.54, 1.807) is 6.20 Å². The quantitative estimate of drug-likeness (QED) is 0.555. The zero-order chi connectivity index (χ0) is 13.1. The predicted octanol–water partition coefficient (Wildman–Crippen LogP) is 4.37. The smallest absolute Gasteiger partial charge is 0.0103 e. The van der Waals surface area contributed by atoms with Crippen molar-refractivity contribution in [3.63, 3.8) is 0 Å². The Bertz CT molecular complexity index is 259. The molecule has 0 heterocycles. The molecule has 0 aliphatic carbocycles. The molecular formula is C16H25N. The van der Waals surface area contributed by atoms with Crippen LogP contribution in [0, 0.1) is 11.3 Å². The van der Waals surface area contributed by atoms with E-state index in [-0.39, 0.29) is 5.41 Å². The van der Waals surface area contributed by atoms with Crippen molar-refractivity contribution >= 4 is 0 Å². The summed E-state index contributed by atoms with van der Waals surface area (Å²) in [5.41, 5.74) is 5.51. The third kappa shape index (κ3) is 4.48. The van der Waals surface area contributed by atoms with E-state index in [1.165, 1.54) is 0 Å². The van der Waals surface area contributed by atoms with Gasteiger partial charge in [-0.25, -0.2) is 0 Å². The summed E-state index contributed by atoms with van der Waals surface area (Å²) in [6.45, 7) is 15.5. The molecule has 2 N–H and O–H groups in total. The maximum absolute atomic E-state index is 5.42. The summed E-state index contributed by atoms with van der Waals surface area (Å²) in [5, 5.41) is 0. The highest BCUT2D eigenvalue weighted by Crippen LogP contribution is 2.42. The summed E-state index contributed by atoms with van der Waals surface area (Å²) in [5.74, 6) is 0.358. The standard InChI is InChI=1S/C16H25N/c1-5-11-16(12-6-2,13-7-3)15(8-4)10-9-14-17/h5-9,14-15H,1-4,10-13,17H2/b14-9+. The molecule has 1 nitrogen and oxygen atoms in total. The van der Waals surface area contributed by atoms with Gasteiger partial charge < -0.3 is 5.73 Å². The minimum atomic E-state index is 0.0898. The molecule has 0 rings (SSSR count). The van der Waals surface area contributed by atoms with Crippen molar-refractivity contribution in [2.45, 2.75) is 25.7 Å². The van der Waals surface area contributed by atoms with Gasteiger partial charge in [-0.1, -0.05) is 30.4 Å². The minimum absolute atomic E-state index is 0.0898. The lowest BCUT2D eigenvalue weighted by Crippen LogP contribution is -2.28. The van der Waals surface area contributed by atoms with E-state index in [1.807, 2.05) is 30.4 Å². The molecule has 1 atom stereocenters. The summed E-state index contributed by atoms with van der Waals surface area (Å²) in [6, 6.07) is 0. The van der Waals surface area contributed by atoms with Gasteiger partial charge in [-0.2, -0.15) is 0 Å². The van der Waals surface area contributed by atoms with Crippen LogP contribution >= 0.6 is 0 Å². The van der Waals surface area contributed by atoms with Crippen molar-refractivity contribution in [3.8, 4) is 0 Å². The highest BCUT2D eigenvalue weighted by Gasteiger charge is 2.32. The second-order valence-corrected chi connectivity index (χ2v) is 4.35. The summed E-state index contributed by atoms with van der Waals surface area (Å²) in [4.78, 5) is 0. The second kappa shape index (κ2) is 8.63.